The molecule has 0 aliphatic heterocycles. The van der Waals surface area contributed by atoms with E-state index < -0.39 is 0 Å². The van der Waals surface area contributed by atoms with Gasteiger partial charge in [0.2, 0.25) is 5.91 Å². The number of amides is 1. The van der Waals surface area contributed by atoms with Crippen LogP contribution in [0.3, 0.4) is 0 Å². The molecular formula is C16H16Cl2N2O. The molecule has 2 N–H and O–H groups in total. The molecule has 21 heavy (non-hydrogen) atoms. The second-order valence-corrected chi connectivity index (χ2v) is 5.53. The van der Waals surface area contributed by atoms with Crippen molar-refractivity contribution in [2.75, 3.05) is 11.9 Å². The number of halogens is 2. The smallest absolute Gasteiger partial charge is 0.238 e. The number of nitrogens with one attached hydrogen (secondary N) is 2. The van der Waals surface area contributed by atoms with Gasteiger partial charge in [0, 0.05) is 11.1 Å². The number of carbonyl (C=O) groups is 1. The SMILES string of the molecule is C[C@H](NCC(=O)Nc1ccccc1Cl)c1ccc(Cl)cc1. The van der Waals surface area contributed by atoms with Crippen molar-refractivity contribution in [3.8, 4) is 0 Å². The first-order valence-corrected chi connectivity index (χ1v) is 7.35. The lowest BCUT2D eigenvalue weighted by Crippen LogP contribution is -2.30. The summed E-state index contributed by atoms with van der Waals surface area (Å²) >= 11 is 11.8. The standard InChI is InChI=1S/C16H16Cl2N2O/c1-11(12-6-8-13(17)9-7-12)19-10-16(21)20-15-5-3-2-4-14(15)18/h2-9,11,19H,10H2,1H3,(H,20,21)/t11-/m0/s1. The first kappa shape index (κ1) is 15.8. The second-order valence-electron chi connectivity index (χ2n) is 4.68. The lowest BCUT2D eigenvalue weighted by atomic mass is 10.1. The van der Waals surface area contributed by atoms with Crippen LogP contribution in [0.15, 0.2) is 48.5 Å². The summed E-state index contributed by atoms with van der Waals surface area (Å²) in [7, 11) is 0. The normalized spacial score (nSPS) is 12.0. The Morgan fingerprint density at radius 3 is 2.43 bits per heavy atom. The molecule has 0 saturated carbocycles. The topological polar surface area (TPSA) is 41.1 Å². The van der Waals surface area contributed by atoms with E-state index in [0.29, 0.717) is 15.7 Å². The molecule has 0 heterocycles. The van der Waals surface area contributed by atoms with Gasteiger partial charge in [-0.3, -0.25) is 4.79 Å². The number of rotatable bonds is 5. The molecule has 0 saturated heterocycles. The molecule has 0 aromatic heterocycles. The first-order chi connectivity index (χ1) is 10.1. The maximum Gasteiger partial charge on any atom is 0.238 e. The van der Waals surface area contributed by atoms with Crippen LogP contribution >= 0.6 is 23.2 Å². The third-order valence-corrected chi connectivity index (χ3v) is 3.67. The molecule has 0 aliphatic rings. The average molecular weight is 323 g/mol. The van der Waals surface area contributed by atoms with Crippen molar-refractivity contribution >= 4 is 34.8 Å². The summed E-state index contributed by atoms with van der Waals surface area (Å²) in [6, 6.07) is 14.7. The molecule has 3 nitrogen and oxygen atoms in total. The van der Waals surface area contributed by atoms with Crippen LogP contribution < -0.4 is 10.6 Å². The van der Waals surface area contributed by atoms with E-state index in [1.54, 1.807) is 12.1 Å². The van der Waals surface area contributed by atoms with Crippen LogP contribution in [0.5, 0.6) is 0 Å². The van der Waals surface area contributed by atoms with Crippen LogP contribution in [-0.2, 0) is 4.79 Å². The van der Waals surface area contributed by atoms with Gasteiger partial charge in [0.1, 0.15) is 0 Å². The minimum Gasteiger partial charge on any atom is -0.324 e. The minimum absolute atomic E-state index is 0.0549. The summed E-state index contributed by atoms with van der Waals surface area (Å²) in [6.45, 7) is 2.20. The molecule has 2 aromatic carbocycles. The van der Waals surface area contributed by atoms with E-state index in [2.05, 4.69) is 10.6 Å². The molecule has 0 fully saturated rings. The maximum atomic E-state index is 11.9. The second kappa shape index (κ2) is 7.46. The Bertz CT molecular complexity index is 614. The Balaban J connectivity index is 1.86. The summed E-state index contributed by atoms with van der Waals surface area (Å²) in [4.78, 5) is 11.9. The number of anilines is 1. The Morgan fingerprint density at radius 1 is 1.10 bits per heavy atom. The van der Waals surface area contributed by atoms with Crippen molar-refractivity contribution in [2.45, 2.75) is 13.0 Å². The van der Waals surface area contributed by atoms with Crippen LogP contribution in [0.4, 0.5) is 5.69 Å². The monoisotopic (exact) mass is 322 g/mol. The van der Waals surface area contributed by atoms with E-state index >= 15 is 0 Å². The molecule has 0 spiro atoms. The summed E-state index contributed by atoms with van der Waals surface area (Å²) in [5, 5.41) is 7.15. The fourth-order valence-electron chi connectivity index (χ4n) is 1.87. The lowest BCUT2D eigenvalue weighted by Gasteiger charge is -2.14. The Morgan fingerprint density at radius 2 is 1.76 bits per heavy atom. The van der Waals surface area contributed by atoms with E-state index in [4.69, 9.17) is 23.2 Å². The summed E-state index contributed by atoms with van der Waals surface area (Å²) < 4.78 is 0. The Hall–Kier alpha value is -1.55. The van der Waals surface area contributed by atoms with Gasteiger partial charge < -0.3 is 10.6 Å². The molecule has 1 amide bonds. The van der Waals surface area contributed by atoms with Gasteiger partial charge in [0.05, 0.1) is 17.3 Å². The van der Waals surface area contributed by atoms with Crippen molar-refractivity contribution in [1.29, 1.82) is 0 Å². The van der Waals surface area contributed by atoms with Crippen molar-refractivity contribution < 1.29 is 4.79 Å². The van der Waals surface area contributed by atoms with Crippen LogP contribution in [0.2, 0.25) is 10.0 Å². The van der Waals surface area contributed by atoms with Gasteiger partial charge >= 0.3 is 0 Å². The van der Waals surface area contributed by atoms with Crippen molar-refractivity contribution in [3.05, 3.63) is 64.1 Å². The molecular weight excluding hydrogens is 307 g/mol. The average Bonchev–Trinajstić information content (AvgIpc) is 2.48. The maximum absolute atomic E-state index is 11.9. The van der Waals surface area contributed by atoms with Crippen LogP contribution in [-0.4, -0.2) is 12.5 Å². The van der Waals surface area contributed by atoms with E-state index in [1.807, 2.05) is 43.3 Å². The van der Waals surface area contributed by atoms with Gasteiger partial charge in [-0.1, -0.05) is 47.5 Å². The van der Waals surface area contributed by atoms with Crippen LogP contribution in [0.1, 0.15) is 18.5 Å². The summed E-state index contributed by atoms with van der Waals surface area (Å²) in [6.07, 6.45) is 0. The molecule has 110 valence electrons. The van der Waals surface area contributed by atoms with Gasteiger partial charge in [-0.15, -0.1) is 0 Å². The Kier molecular flexibility index (Phi) is 5.62. The highest BCUT2D eigenvalue weighted by molar-refractivity contribution is 6.33. The fourth-order valence-corrected chi connectivity index (χ4v) is 2.18. The highest BCUT2D eigenvalue weighted by atomic mass is 35.5. The predicted molar refractivity (Wildman–Crippen MR) is 88.0 cm³/mol. The van der Waals surface area contributed by atoms with Crippen molar-refractivity contribution in [3.63, 3.8) is 0 Å². The molecule has 0 aliphatic carbocycles. The largest absolute Gasteiger partial charge is 0.324 e. The van der Waals surface area contributed by atoms with Gasteiger partial charge in [-0.05, 0) is 36.8 Å². The number of carbonyl (C=O) groups excluding carboxylic acids is 1. The zero-order chi connectivity index (χ0) is 15.2. The van der Waals surface area contributed by atoms with E-state index in [9.17, 15) is 4.79 Å². The number of para-hydroxylation sites is 1. The van der Waals surface area contributed by atoms with Crippen LogP contribution in [0.25, 0.3) is 0 Å². The zero-order valence-electron chi connectivity index (χ0n) is 11.6. The zero-order valence-corrected chi connectivity index (χ0v) is 13.1. The molecule has 2 aromatic rings. The number of hydrogen-bond donors (Lipinski definition) is 2. The number of hydrogen-bond acceptors (Lipinski definition) is 2. The molecule has 2 rings (SSSR count). The van der Waals surface area contributed by atoms with E-state index in [0.717, 1.165) is 5.56 Å². The third kappa shape index (κ3) is 4.74. The highest BCUT2D eigenvalue weighted by Crippen LogP contribution is 2.20. The predicted octanol–water partition coefficient (Wildman–Crippen LogP) is 4.28. The lowest BCUT2D eigenvalue weighted by molar-refractivity contribution is -0.115. The van der Waals surface area contributed by atoms with Crippen molar-refractivity contribution in [2.24, 2.45) is 0 Å². The molecule has 5 heteroatoms. The van der Waals surface area contributed by atoms with Crippen molar-refractivity contribution in [1.82, 2.24) is 5.32 Å². The number of benzene rings is 2. The highest BCUT2D eigenvalue weighted by Gasteiger charge is 2.09. The quantitative estimate of drug-likeness (QED) is 0.862. The van der Waals surface area contributed by atoms with Crippen LogP contribution in [0, 0.1) is 0 Å². The van der Waals surface area contributed by atoms with E-state index in [-0.39, 0.29) is 18.5 Å². The molecule has 0 radical (unpaired) electrons. The van der Waals surface area contributed by atoms with Gasteiger partial charge in [-0.2, -0.15) is 0 Å². The first-order valence-electron chi connectivity index (χ1n) is 6.59. The molecule has 0 bridgehead atoms. The van der Waals surface area contributed by atoms with E-state index in [1.165, 1.54) is 0 Å². The minimum atomic E-state index is -0.135. The van der Waals surface area contributed by atoms with Gasteiger partial charge in [0.25, 0.3) is 0 Å². The Labute approximate surface area is 134 Å². The summed E-state index contributed by atoms with van der Waals surface area (Å²) in [5.41, 5.74) is 1.69. The summed E-state index contributed by atoms with van der Waals surface area (Å²) in [5.74, 6) is -0.135. The van der Waals surface area contributed by atoms with Gasteiger partial charge in [0.15, 0.2) is 0 Å². The van der Waals surface area contributed by atoms with Gasteiger partial charge in [-0.25, -0.2) is 0 Å². The molecule has 0 unspecified atom stereocenters. The third-order valence-electron chi connectivity index (χ3n) is 3.09. The molecule has 1 atom stereocenters. The fraction of sp³-hybridized carbons (Fsp3) is 0.188.